The summed E-state index contributed by atoms with van der Waals surface area (Å²) in [5.74, 6) is -0.508. The van der Waals surface area contributed by atoms with E-state index in [4.69, 9.17) is 5.73 Å². The van der Waals surface area contributed by atoms with E-state index in [0.29, 0.717) is 12.8 Å². The van der Waals surface area contributed by atoms with E-state index in [2.05, 4.69) is 0 Å². The minimum absolute atomic E-state index is 0.0613. The van der Waals surface area contributed by atoms with E-state index in [1.165, 1.54) is 4.90 Å². The lowest BCUT2D eigenvalue weighted by Crippen LogP contribution is -2.45. The van der Waals surface area contributed by atoms with Gasteiger partial charge in [0.25, 0.3) is 0 Å². The summed E-state index contributed by atoms with van der Waals surface area (Å²) in [6, 6.07) is 7.01. The molecule has 0 aliphatic carbocycles. The van der Waals surface area contributed by atoms with Crippen LogP contribution in [0.25, 0.3) is 0 Å². The van der Waals surface area contributed by atoms with Gasteiger partial charge in [0.05, 0.1) is 0 Å². The van der Waals surface area contributed by atoms with Gasteiger partial charge in [-0.25, -0.2) is 0 Å². The molecule has 0 bridgehead atoms. The van der Waals surface area contributed by atoms with Gasteiger partial charge in [-0.2, -0.15) is 0 Å². The monoisotopic (exact) mass is 218 g/mol. The average molecular weight is 218 g/mol. The second kappa shape index (κ2) is 3.96. The maximum atomic E-state index is 11.8. The van der Waals surface area contributed by atoms with Crippen LogP contribution in [0.3, 0.4) is 0 Å². The zero-order valence-electron chi connectivity index (χ0n) is 9.14. The Bertz CT molecular complexity index is 442. The summed E-state index contributed by atoms with van der Waals surface area (Å²) in [6.07, 6.45) is 0.898. The number of hydrogen-bond acceptors (Lipinski definition) is 2. The van der Waals surface area contributed by atoms with Crippen molar-refractivity contribution in [2.75, 3.05) is 4.90 Å². The van der Waals surface area contributed by atoms with Crippen molar-refractivity contribution in [2.24, 2.45) is 5.73 Å². The molecule has 2 N–H and O–H groups in total. The van der Waals surface area contributed by atoms with Crippen LogP contribution in [0.5, 0.6) is 0 Å². The first kappa shape index (κ1) is 10.7. The van der Waals surface area contributed by atoms with Gasteiger partial charge in [-0.3, -0.25) is 14.5 Å². The molecular weight excluding hydrogens is 204 g/mol. The van der Waals surface area contributed by atoms with Crippen molar-refractivity contribution < 1.29 is 9.59 Å². The molecule has 2 amide bonds. The Kier molecular flexibility index (Phi) is 2.64. The molecule has 0 fully saturated rings. The number of carbonyl (C=O) groups excluding carboxylic acids is 2. The summed E-state index contributed by atoms with van der Waals surface area (Å²) < 4.78 is 0. The molecule has 1 heterocycles. The van der Waals surface area contributed by atoms with E-state index in [0.717, 1.165) is 11.3 Å². The third-order valence-corrected chi connectivity index (χ3v) is 2.88. The molecule has 0 spiro atoms. The van der Waals surface area contributed by atoms with Gasteiger partial charge in [-0.15, -0.1) is 0 Å². The fourth-order valence-corrected chi connectivity index (χ4v) is 2.09. The first-order chi connectivity index (χ1) is 7.65. The highest BCUT2D eigenvalue weighted by Gasteiger charge is 2.35. The summed E-state index contributed by atoms with van der Waals surface area (Å²) in [5.41, 5.74) is 7.15. The molecule has 0 saturated carbocycles. The van der Waals surface area contributed by atoms with Crippen LogP contribution in [0.4, 0.5) is 5.69 Å². The molecular formula is C12H14N2O2. The van der Waals surface area contributed by atoms with Crippen molar-refractivity contribution >= 4 is 17.5 Å². The average Bonchev–Trinajstić information content (AvgIpc) is 2.67. The van der Waals surface area contributed by atoms with Crippen molar-refractivity contribution in [2.45, 2.75) is 25.8 Å². The van der Waals surface area contributed by atoms with E-state index in [9.17, 15) is 9.59 Å². The first-order valence-electron chi connectivity index (χ1n) is 5.34. The normalized spacial score (nSPS) is 18.3. The van der Waals surface area contributed by atoms with Crippen molar-refractivity contribution in [1.29, 1.82) is 0 Å². The maximum Gasteiger partial charge on any atom is 0.240 e. The number of nitrogens with zero attached hydrogens (tertiary/aromatic N) is 1. The summed E-state index contributed by atoms with van der Waals surface area (Å²) in [7, 11) is 0. The molecule has 2 rings (SSSR count). The van der Waals surface area contributed by atoms with Crippen molar-refractivity contribution in [3.63, 3.8) is 0 Å². The second-order valence-corrected chi connectivity index (χ2v) is 3.87. The molecule has 4 nitrogen and oxygen atoms in total. The molecule has 1 aromatic rings. The van der Waals surface area contributed by atoms with Gasteiger partial charge >= 0.3 is 0 Å². The third kappa shape index (κ3) is 1.56. The van der Waals surface area contributed by atoms with Gasteiger partial charge in [0, 0.05) is 18.5 Å². The van der Waals surface area contributed by atoms with E-state index in [-0.39, 0.29) is 5.91 Å². The van der Waals surface area contributed by atoms with E-state index >= 15 is 0 Å². The molecule has 84 valence electrons. The number of nitrogens with two attached hydrogens (primary N) is 1. The van der Waals surface area contributed by atoms with Gasteiger partial charge in [0.1, 0.15) is 6.04 Å². The number of rotatable bonds is 2. The van der Waals surface area contributed by atoms with Crippen LogP contribution >= 0.6 is 0 Å². The highest BCUT2D eigenvalue weighted by atomic mass is 16.2. The van der Waals surface area contributed by atoms with Crippen LogP contribution in [0.1, 0.15) is 18.9 Å². The lowest BCUT2D eigenvalue weighted by molar-refractivity contribution is -0.124. The van der Waals surface area contributed by atoms with Gasteiger partial charge in [0.15, 0.2) is 0 Å². The number of carbonyl (C=O) groups is 2. The van der Waals surface area contributed by atoms with Crippen LogP contribution in [-0.4, -0.2) is 17.9 Å². The number of benzene rings is 1. The number of primary amides is 1. The summed E-state index contributed by atoms with van der Waals surface area (Å²) in [6.45, 7) is 1.78. The van der Waals surface area contributed by atoms with Crippen molar-refractivity contribution in [3.8, 4) is 0 Å². The lowest BCUT2D eigenvalue weighted by Gasteiger charge is -2.22. The smallest absolute Gasteiger partial charge is 0.240 e. The van der Waals surface area contributed by atoms with E-state index in [1.54, 1.807) is 6.92 Å². The molecule has 1 aliphatic rings. The zero-order chi connectivity index (χ0) is 11.7. The number of hydrogen-bond donors (Lipinski definition) is 1. The second-order valence-electron chi connectivity index (χ2n) is 3.87. The molecule has 1 unspecified atom stereocenters. The highest BCUT2D eigenvalue weighted by Crippen LogP contribution is 2.32. The molecule has 1 aliphatic heterocycles. The molecule has 0 aromatic heterocycles. The summed E-state index contributed by atoms with van der Waals surface area (Å²) in [5, 5.41) is 0. The van der Waals surface area contributed by atoms with Gasteiger partial charge in [-0.1, -0.05) is 25.1 Å². The van der Waals surface area contributed by atoms with Gasteiger partial charge in [0.2, 0.25) is 11.8 Å². The first-order valence-corrected chi connectivity index (χ1v) is 5.34. The molecule has 0 radical (unpaired) electrons. The standard InChI is InChI=1S/C12H14N2O2/c1-2-11(15)14-9-6-4-3-5-8(9)7-10(14)12(13)16/h3-6,10H,2,7H2,1H3,(H2,13,16). The number of anilines is 1. The predicted octanol–water partition coefficient (Wildman–Crippen LogP) is 0.840. The van der Waals surface area contributed by atoms with Gasteiger partial charge < -0.3 is 5.73 Å². The van der Waals surface area contributed by atoms with Crippen LogP contribution in [-0.2, 0) is 16.0 Å². The Morgan fingerprint density at radius 1 is 1.44 bits per heavy atom. The molecule has 1 atom stereocenters. The van der Waals surface area contributed by atoms with Crippen molar-refractivity contribution in [3.05, 3.63) is 29.8 Å². The van der Waals surface area contributed by atoms with Crippen LogP contribution < -0.4 is 10.6 Å². The highest BCUT2D eigenvalue weighted by molar-refractivity contribution is 6.02. The Morgan fingerprint density at radius 2 is 2.12 bits per heavy atom. The van der Waals surface area contributed by atoms with E-state index in [1.807, 2.05) is 24.3 Å². The van der Waals surface area contributed by atoms with Crippen molar-refractivity contribution in [1.82, 2.24) is 0 Å². The maximum absolute atomic E-state index is 11.8. The number of amides is 2. The minimum Gasteiger partial charge on any atom is -0.368 e. The molecule has 0 saturated heterocycles. The van der Waals surface area contributed by atoms with E-state index < -0.39 is 11.9 Å². The SMILES string of the molecule is CCC(=O)N1c2ccccc2CC1C(N)=O. The Morgan fingerprint density at radius 3 is 2.75 bits per heavy atom. The number of para-hydroxylation sites is 1. The zero-order valence-corrected chi connectivity index (χ0v) is 9.14. The molecule has 16 heavy (non-hydrogen) atoms. The quantitative estimate of drug-likeness (QED) is 0.799. The predicted molar refractivity (Wildman–Crippen MR) is 60.9 cm³/mol. The summed E-state index contributed by atoms with van der Waals surface area (Å²) in [4.78, 5) is 24.7. The Balaban J connectivity index is 2.43. The largest absolute Gasteiger partial charge is 0.368 e. The third-order valence-electron chi connectivity index (χ3n) is 2.88. The van der Waals surface area contributed by atoms with Crippen LogP contribution in [0.2, 0.25) is 0 Å². The number of fused-ring (bicyclic) bond motifs is 1. The summed E-state index contributed by atoms with van der Waals surface area (Å²) >= 11 is 0. The molecule has 4 heteroatoms. The lowest BCUT2D eigenvalue weighted by atomic mass is 10.1. The van der Waals surface area contributed by atoms with Crippen LogP contribution in [0.15, 0.2) is 24.3 Å². The Labute approximate surface area is 94.0 Å². The minimum atomic E-state index is -0.523. The fourth-order valence-electron chi connectivity index (χ4n) is 2.09. The topological polar surface area (TPSA) is 63.4 Å². The Hall–Kier alpha value is -1.84. The van der Waals surface area contributed by atoms with Crippen LogP contribution in [0, 0.1) is 0 Å². The van der Waals surface area contributed by atoms with Gasteiger partial charge in [-0.05, 0) is 11.6 Å². The molecule has 1 aromatic carbocycles. The fraction of sp³-hybridized carbons (Fsp3) is 0.333.